The lowest BCUT2D eigenvalue weighted by molar-refractivity contribution is -0.114. The molecule has 0 spiro atoms. The predicted octanol–water partition coefficient (Wildman–Crippen LogP) is 5.36. The number of nitrogens with zero attached hydrogens (tertiary/aromatic N) is 1. The van der Waals surface area contributed by atoms with Gasteiger partial charge in [0.25, 0.3) is 0 Å². The van der Waals surface area contributed by atoms with Crippen LogP contribution in [0.1, 0.15) is 0 Å². The molecular formula is C15H11Cl5N2O3S. The van der Waals surface area contributed by atoms with Crippen LogP contribution in [0.15, 0.2) is 30.3 Å². The standard InChI is InChI=1S/C15H11Cl5N2O3S/c1-26(24,25)22(14-6-12(19)11(18)5-13(14)20)7-15(23)21-10-3-8(16)2-9(17)4-10/h2-6H,7H2,1H3,(H,21,23). The van der Waals surface area contributed by atoms with Crippen molar-refractivity contribution in [2.75, 3.05) is 22.4 Å². The Balaban J connectivity index is 2.32. The van der Waals surface area contributed by atoms with Crippen molar-refractivity contribution in [1.82, 2.24) is 0 Å². The molecule has 0 radical (unpaired) electrons. The van der Waals surface area contributed by atoms with Gasteiger partial charge in [-0.25, -0.2) is 8.42 Å². The van der Waals surface area contributed by atoms with Crippen molar-refractivity contribution in [1.29, 1.82) is 0 Å². The van der Waals surface area contributed by atoms with Crippen molar-refractivity contribution in [2.24, 2.45) is 0 Å². The molecule has 26 heavy (non-hydrogen) atoms. The third-order valence-corrected chi connectivity index (χ3v) is 5.68. The minimum Gasteiger partial charge on any atom is -0.324 e. The van der Waals surface area contributed by atoms with Crippen LogP contribution in [0.25, 0.3) is 0 Å². The van der Waals surface area contributed by atoms with Crippen LogP contribution >= 0.6 is 58.0 Å². The molecule has 0 saturated carbocycles. The molecule has 2 rings (SSSR count). The largest absolute Gasteiger partial charge is 0.324 e. The lowest BCUT2D eigenvalue weighted by Crippen LogP contribution is -2.37. The van der Waals surface area contributed by atoms with E-state index in [0.717, 1.165) is 10.6 Å². The Bertz CT molecular complexity index is 946. The van der Waals surface area contributed by atoms with E-state index >= 15 is 0 Å². The number of carbonyl (C=O) groups is 1. The first-order valence-electron chi connectivity index (χ1n) is 6.85. The molecule has 2 aromatic carbocycles. The minimum atomic E-state index is -3.84. The second kappa shape index (κ2) is 8.42. The second-order valence-corrected chi connectivity index (χ2v) is 9.19. The molecule has 140 valence electrons. The number of benzene rings is 2. The summed E-state index contributed by atoms with van der Waals surface area (Å²) < 4.78 is 25.1. The molecule has 0 unspecified atom stereocenters. The fraction of sp³-hybridized carbons (Fsp3) is 0.133. The smallest absolute Gasteiger partial charge is 0.245 e. The van der Waals surface area contributed by atoms with E-state index in [1.807, 2.05) is 0 Å². The Labute approximate surface area is 175 Å². The van der Waals surface area contributed by atoms with E-state index in [1.54, 1.807) is 0 Å². The Kier molecular flexibility index (Phi) is 6.93. The zero-order valence-electron chi connectivity index (χ0n) is 13.1. The highest BCUT2D eigenvalue weighted by atomic mass is 35.5. The molecule has 0 bridgehead atoms. The number of hydrogen-bond donors (Lipinski definition) is 1. The van der Waals surface area contributed by atoms with Crippen LogP contribution in [0, 0.1) is 0 Å². The zero-order chi connectivity index (χ0) is 19.6. The maximum atomic E-state index is 12.3. The molecule has 11 heteroatoms. The van der Waals surface area contributed by atoms with E-state index in [4.69, 9.17) is 58.0 Å². The number of nitrogens with one attached hydrogen (secondary N) is 1. The quantitative estimate of drug-likeness (QED) is 0.591. The Morgan fingerprint density at radius 1 is 0.923 bits per heavy atom. The van der Waals surface area contributed by atoms with Crippen molar-refractivity contribution < 1.29 is 13.2 Å². The maximum absolute atomic E-state index is 12.3. The van der Waals surface area contributed by atoms with Gasteiger partial charge in [0.15, 0.2) is 0 Å². The van der Waals surface area contributed by atoms with Crippen LogP contribution in [0.2, 0.25) is 25.1 Å². The average Bonchev–Trinajstić information content (AvgIpc) is 2.46. The number of halogens is 5. The topological polar surface area (TPSA) is 66.5 Å². The number of rotatable bonds is 5. The number of carbonyl (C=O) groups excluding carboxylic acids is 1. The SMILES string of the molecule is CS(=O)(=O)N(CC(=O)Nc1cc(Cl)cc(Cl)c1)c1cc(Cl)c(Cl)cc1Cl. The molecule has 0 aliphatic rings. The molecule has 5 nitrogen and oxygen atoms in total. The van der Waals surface area contributed by atoms with E-state index in [2.05, 4.69) is 5.32 Å². The van der Waals surface area contributed by atoms with E-state index in [0.29, 0.717) is 15.7 Å². The summed E-state index contributed by atoms with van der Waals surface area (Å²) in [5.74, 6) is -0.629. The molecule has 0 saturated heterocycles. The normalized spacial score (nSPS) is 11.3. The summed E-state index contributed by atoms with van der Waals surface area (Å²) in [6.45, 7) is -0.541. The Hall–Kier alpha value is -0.890. The van der Waals surface area contributed by atoms with Gasteiger partial charge in [0.1, 0.15) is 6.54 Å². The summed E-state index contributed by atoms with van der Waals surface area (Å²) >= 11 is 29.6. The van der Waals surface area contributed by atoms with Gasteiger partial charge in [-0.2, -0.15) is 0 Å². The highest BCUT2D eigenvalue weighted by molar-refractivity contribution is 7.92. The van der Waals surface area contributed by atoms with Gasteiger partial charge in [-0.3, -0.25) is 9.10 Å². The highest BCUT2D eigenvalue weighted by Gasteiger charge is 2.24. The van der Waals surface area contributed by atoms with Gasteiger partial charge >= 0.3 is 0 Å². The number of hydrogen-bond acceptors (Lipinski definition) is 3. The number of amides is 1. The van der Waals surface area contributed by atoms with Gasteiger partial charge in [-0.05, 0) is 30.3 Å². The Morgan fingerprint density at radius 2 is 1.46 bits per heavy atom. The number of sulfonamides is 1. The van der Waals surface area contributed by atoms with Crippen molar-refractivity contribution >= 4 is 85.3 Å². The molecule has 0 atom stereocenters. The van der Waals surface area contributed by atoms with Crippen LogP contribution in [0.3, 0.4) is 0 Å². The van der Waals surface area contributed by atoms with Crippen LogP contribution in [-0.4, -0.2) is 27.1 Å². The lowest BCUT2D eigenvalue weighted by atomic mass is 10.3. The van der Waals surface area contributed by atoms with Crippen LogP contribution in [-0.2, 0) is 14.8 Å². The molecule has 1 amide bonds. The van der Waals surface area contributed by atoms with Crippen LogP contribution in [0.5, 0.6) is 0 Å². The molecule has 1 N–H and O–H groups in total. The van der Waals surface area contributed by atoms with Crippen LogP contribution in [0.4, 0.5) is 11.4 Å². The molecule has 0 heterocycles. The van der Waals surface area contributed by atoms with E-state index in [1.165, 1.54) is 30.3 Å². The van der Waals surface area contributed by atoms with Gasteiger partial charge in [-0.1, -0.05) is 58.0 Å². The van der Waals surface area contributed by atoms with Gasteiger partial charge in [-0.15, -0.1) is 0 Å². The third-order valence-electron chi connectivity index (χ3n) is 3.09. The molecule has 0 aliphatic heterocycles. The van der Waals surface area contributed by atoms with Crippen molar-refractivity contribution in [3.05, 3.63) is 55.4 Å². The maximum Gasteiger partial charge on any atom is 0.245 e. The van der Waals surface area contributed by atoms with Crippen molar-refractivity contribution in [2.45, 2.75) is 0 Å². The first kappa shape index (κ1) is 21.4. The summed E-state index contributed by atoms with van der Waals surface area (Å²) in [5, 5.41) is 3.45. The van der Waals surface area contributed by atoms with Gasteiger partial charge < -0.3 is 5.32 Å². The summed E-state index contributed by atoms with van der Waals surface area (Å²) in [4.78, 5) is 12.3. The predicted molar refractivity (Wildman–Crippen MR) is 109 cm³/mol. The van der Waals surface area contributed by atoms with Crippen molar-refractivity contribution in [3.63, 3.8) is 0 Å². The fourth-order valence-electron chi connectivity index (χ4n) is 2.04. The summed E-state index contributed by atoms with van der Waals surface area (Å²) in [6, 6.07) is 7.02. The summed E-state index contributed by atoms with van der Waals surface area (Å²) in [5.41, 5.74) is 0.351. The van der Waals surface area contributed by atoms with Crippen LogP contribution < -0.4 is 9.62 Å². The molecular weight excluding hydrogens is 466 g/mol. The second-order valence-electron chi connectivity index (χ2n) is 5.19. The first-order valence-corrected chi connectivity index (χ1v) is 10.6. The molecule has 0 aliphatic carbocycles. The first-order chi connectivity index (χ1) is 12.0. The van der Waals surface area contributed by atoms with Gasteiger partial charge in [0, 0.05) is 15.7 Å². The molecule has 2 aromatic rings. The average molecular weight is 477 g/mol. The van der Waals surface area contributed by atoms with Gasteiger partial charge in [0.2, 0.25) is 15.9 Å². The minimum absolute atomic E-state index is 0.0304. The third kappa shape index (κ3) is 5.55. The van der Waals surface area contributed by atoms with E-state index in [-0.39, 0.29) is 20.8 Å². The summed E-state index contributed by atoms with van der Waals surface area (Å²) in [7, 11) is -3.84. The Morgan fingerprint density at radius 3 is 2.00 bits per heavy atom. The molecule has 0 aromatic heterocycles. The highest BCUT2D eigenvalue weighted by Crippen LogP contribution is 2.35. The lowest BCUT2D eigenvalue weighted by Gasteiger charge is -2.23. The number of anilines is 2. The summed E-state index contributed by atoms with van der Waals surface area (Å²) in [6.07, 6.45) is 0.940. The van der Waals surface area contributed by atoms with E-state index < -0.39 is 22.5 Å². The van der Waals surface area contributed by atoms with Gasteiger partial charge in [0.05, 0.1) is 27.0 Å². The fourth-order valence-corrected chi connectivity index (χ4v) is 4.12. The van der Waals surface area contributed by atoms with Crippen molar-refractivity contribution in [3.8, 4) is 0 Å². The molecule has 0 fully saturated rings. The zero-order valence-corrected chi connectivity index (χ0v) is 17.7. The monoisotopic (exact) mass is 474 g/mol. The van der Waals surface area contributed by atoms with E-state index in [9.17, 15) is 13.2 Å².